The number of aromatic nitrogens is 1. The van der Waals surface area contributed by atoms with Crippen molar-refractivity contribution in [3.05, 3.63) is 24.0 Å². The van der Waals surface area contributed by atoms with Crippen molar-refractivity contribution < 1.29 is 23.4 Å². The average Bonchev–Trinajstić information content (AvgIpc) is 2.85. The van der Waals surface area contributed by atoms with E-state index in [4.69, 9.17) is 9.84 Å². The Kier molecular flexibility index (Phi) is 4.49. The number of aliphatic hydroxyl groups is 1. The van der Waals surface area contributed by atoms with Gasteiger partial charge in [0.25, 0.3) is 12.3 Å². The van der Waals surface area contributed by atoms with Crippen molar-refractivity contribution in [3.8, 4) is 0 Å². The number of carbonyl (C=O) groups is 1. The molecule has 106 valence electrons. The summed E-state index contributed by atoms with van der Waals surface area (Å²) in [5.74, 6) is -0.313. The Morgan fingerprint density at radius 2 is 2.37 bits per heavy atom. The van der Waals surface area contributed by atoms with Gasteiger partial charge in [0.15, 0.2) is 0 Å². The van der Waals surface area contributed by atoms with E-state index in [2.05, 4.69) is 0 Å². The number of carbonyl (C=O) groups excluding carboxylic acids is 1. The molecule has 0 aliphatic carbocycles. The van der Waals surface area contributed by atoms with Crippen LogP contribution in [0.25, 0.3) is 0 Å². The highest BCUT2D eigenvalue weighted by molar-refractivity contribution is 5.92. The fourth-order valence-electron chi connectivity index (χ4n) is 2.09. The molecular formula is C12H16F2N2O3. The summed E-state index contributed by atoms with van der Waals surface area (Å²) in [6, 6.07) is 3.09. The molecule has 0 radical (unpaired) electrons. The Bertz CT molecular complexity index is 436. The van der Waals surface area contributed by atoms with Gasteiger partial charge in [-0.1, -0.05) is 0 Å². The van der Waals surface area contributed by atoms with Gasteiger partial charge in [-0.2, -0.15) is 0 Å². The third kappa shape index (κ3) is 3.30. The Labute approximate surface area is 109 Å². The smallest absolute Gasteiger partial charge is 0.270 e. The predicted molar refractivity (Wildman–Crippen MR) is 63.2 cm³/mol. The van der Waals surface area contributed by atoms with E-state index in [-0.39, 0.29) is 24.8 Å². The lowest BCUT2D eigenvalue weighted by Gasteiger charge is -2.32. The van der Waals surface area contributed by atoms with E-state index in [9.17, 15) is 13.6 Å². The van der Waals surface area contributed by atoms with Gasteiger partial charge in [-0.3, -0.25) is 4.79 Å². The molecule has 0 saturated carbocycles. The van der Waals surface area contributed by atoms with Gasteiger partial charge in [0.2, 0.25) is 0 Å². The molecule has 1 aromatic rings. The second kappa shape index (κ2) is 6.12. The second-order valence-electron chi connectivity index (χ2n) is 4.36. The van der Waals surface area contributed by atoms with Gasteiger partial charge in [0, 0.05) is 19.3 Å². The van der Waals surface area contributed by atoms with Crippen molar-refractivity contribution >= 4 is 5.91 Å². The molecule has 1 amide bonds. The van der Waals surface area contributed by atoms with Gasteiger partial charge in [-0.25, -0.2) is 8.78 Å². The molecule has 0 bridgehead atoms. The zero-order valence-corrected chi connectivity index (χ0v) is 10.3. The Morgan fingerprint density at radius 3 is 3.05 bits per heavy atom. The molecule has 19 heavy (non-hydrogen) atoms. The van der Waals surface area contributed by atoms with Crippen LogP contribution in [-0.2, 0) is 11.3 Å². The molecule has 1 aliphatic heterocycles. The highest BCUT2D eigenvalue weighted by Crippen LogP contribution is 2.13. The van der Waals surface area contributed by atoms with E-state index < -0.39 is 19.1 Å². The van der Waals surface area contributed by atoms with Crippen LogP contribution >= 0.6 is 0 Å². The molecule has 2 heterocycles. The maximum Gasteiger partial charge on any atom is 0.270 e. The first kappa shape index (κ1) is 14.0. The van der Waals surface area contributed by atoms with E-state index in [1.165, 1.54) is 21.7 Å². The first-order valence-corrected chi connectivity index (χ1v) is 6.07. The zero-order chi connectivity index (χ0) is 13.8. The standard InChI is InChI=1S/C12H16F2N2O3/c13-11(14)7-15-3-1-2-10(15)12(18)16-4-5-19-9(6-16)8-17/h1-3,9,11,17H,4-8H2. The minimum absolute atomic E-state index is 0.165. The summed E-state index contributed by atoms with van der Waals surface area (Å²) in [4.78, 5) is 13.8. The monoisotopic (exact) mass is 274 g/mol. The molecule has 1 atom stereocenters. The number of hydrogen-bond acceptors (Lipinski definition) is 3. The first-order valence-electron chi connectivity index (χ1n) is 6.07. The summed E-state index contributed by atoms with van der Waals surface area (Å²) in [6.45, 7) is 0.348. The number of ether oxygens (including phenoxy) is 1. The number of amides is 1. The Hall–Kier alpha value is -1.47. The van der Waals surface area contributed by atoms with Crippen molar-refractivity contribution in [2.24, 2.45) is 0 Å². The van der Waals surface area contributed by atoms with E-state index in [0.717, 1.165) is 0 Å². The highest BCUT2D eigenvalue weighted by Gasteiger charge is 2.26. The van der Waals surface area contributed by atoms with Crippen LogP contribution in [-0.4, -0.2) is 59.3 Å². The fourth-order valence-corrected chi connectivity index (χ4v) is 2.09. The molecule has 5 nitrogen and oxygen atoms in total. The number of aliphatic hydroxyl groups excluding tert-OH is 1. The van der Waals surface area contributed by atoms with Crippen molar-refractivity contribution in [1.29, 1.82) is 0 Å². The first-order chi connectivity index (χ1) is 9.11. The minimum Gasteiger partial charge on any atom is -0.394 e. The van der Waals surface area contributed by atoms with Crippen LogP contribution < -0.4 is 0 Å². The number of morpholine rings is 1. The predicted octanol–water partition coefficient (Wildman–Crippen LogP) is 0.587. The number of halogens is 2. The largest absolute Gasteiger partial charge is 0.394 e. The van der Waals surface area contributed by atoms with Crippen LogP contribution in [0.5, 0.6) is 0 Å². The summed E-state index contributed by atoms with van der Waals surface area (Å²) >= 11 is 0. The quantitative estimate of drug-likeness (QED) is 0.874. The summed E-state index contributed by atoms with van der Waals surface area (Å²) in [7, 11) is 0. The van der Waals surface area contributed by atoms with Crippen molar-refractivity contribution in [2.75, 3.05) is 26.3 Å². The van der Waals surface area contributed by atoms with Gasteiger partial charge in [-0.15, -0.1) is 0 Å². The lowest BCUT2D eigenvalue weighted by atomic mass is 10.2. The number of hydrogen-bond donors (Lipinski definition) is 1. The third-order valence-electron chi connectivity index (χ3n) is 3.01. The van der Waals surface area contributed by atoms with Crippen LogP contribution in [0.15, 0.2) is 18.3 Å². The van der Waals surface area contributed by atoms with Crippen molar-refractivity contribution in [3.63, 3.8) is 0 Å². The molecule has 7 heteroatoms. The van der Waals surface area contributed by atoms with Gasteiger partial charge in [0.1, 0.15) is 5.69 Å². The average molecular weight is 274 g/mol. The Balaban J connectivity index is 2.08. The van der Waals surface area contributed by atoms with Gasteiger partial charge >= 0.3 is 0 Å². The SMILES string of the molecule is O=C(c1cccn1CC(F)F)N1CCOC(CO)C1. The van der Waals surface area contributed by atoms with E-state index in [1.54, 1.807) is 6.07 Å². The lowest BCUT2D eigenvalue weighted by Crippen LogP contribution is -2.47. The summed E-state index contributed by atoms with van der Waals surface area (Å²) in [5, 5.41) is 9.03. The molecule has 0 spiro atoms. The second-order valence-corrected chi connectivity index (χ2v) is 4.36. The van der Waals surface area contributed by atoms with Gasteiger partial charge in [0.05, 0.1) is 25.9 Å². The molecule has 1 saturated heterocycles. The molecule has 1 unspecified atom stereocenters. The normalized spacial score (nSPS) is 20.0. The number of nitrogens with zero attached hydrogens (tertiary/aromatic N) is 2. The molecule has 1 N–H and O–H groups in total. The highest BCUT2D eigenvalue weighted by atomic mass is 19.3. The summed E-state index contributed by atoms with van der Waals surface area (Å²) < 4.78 is 31.3. The van der Waals surface area contributed by atoms with E-state index in [0.29, 0.717) is 13.2 Å². The molecule has 2 rings (SSSR count). The van der Waals surface area contributed by atoms with Crippen LogP contribution in [0.4, 0.5) is 8.78 Å². The van der Waals surface area contributed by atoms with Crippen molar-refractivity contribution in [2.45, 2.75) is 19.1 Å². The maximum absolute atomic E-state index is 12.4. The van der Waals surface area contributed by atoms with Crippen molar-refractivity contribution in [1.82, 2.24) is 9.47 Å². The van der Waals surface area contributed by atoms with Gasteiger partial charge in [-0.05, 0) is 12.1 Å². The summed E-state index contributed by atoms with van der Waals surface area (Å²) in [5.41, 5.74) is 0.235. The van der Waals surface area contributed by atoms with Crippen LogP contribution in [0.1, 0.15) is 10.5 Å². The molecule has 1 fully saturated rings. The van der Waals surface area contributed by atoms with Crippen LogP contribution in [0, 0.1) is 0 Å². The fraction of sp³-hybridized carbons (Fsp3) is 0.583. The van der Waals surface area contributed by atoms with E-state index in [1.807, 2.05) is 0 Å². The lowest BCUT2D eigenvalue weighted by molar-refractivity contribution is -0.0450. The third-order valence-corrected chi connectivity index (χ3v) is 3.01. The molecule has 1 aromatic heterocycles. The van der Waals surface area contributed by atoms with E-state index >= 15 is 0 Å². The topological polar surface area (TPSA) is 54.7 Å². The Morgan fingerprint density at radius 1 is 1.58 bits per heavy atom. The number of alkyl halides is 2. The molecular weight excluding hydrogens is 258 g/mol. The summed E-state index contributed by atoms with van der Waals surface area (Å²) in [6.07, 6.45) is -1.45. The molecule has 0 aromatic carbocycles. The maximum atomic E-state index is 12.4. The zero-order valence-electron chi connectivity index (χ0n) is 10.3. The molecule has 1 aliphatic rings. The van der Waals surface area contributed by atoms with Crippen LogP contribution in [0.3, 0.4) is 0 Å². The van der Waals surface area contributed by atoms with Gasteiger partial charge < -0.3 is 19.3 Å². The number of rotatable bonds is 4. The van der Waals surface area contributed by atoms with Crippen LogP contribution in [0.2, 0.25) is 0 Å². The minimum atomic E-state index is -2.51.